The zero-order valence-corrected chi connectivity index (χ0v) is 13.5. The summed E-state index contributed by atoms with van der Waals surface area (Å²) in [5, 5.41) is 9.40. The van der Waals surface area contributed by atoms with Gasteiger partial charge in [-0.15, -0.1) is 0 Å². The number of nitrogens with one attached hydrogen (secondary N) is 1. The SMILES string of the molecule is O=C(O)c1cc(Br)ccc1NS(=O)(=O)c1cccc(Cl)c1. The Bertz CT molecular complexity index is 808. The van der Waals surface area contributed by atoms with Crippen molar-refractivity contribution in [2.75, 3.05) is 4.72 Å². The van der Waals surface area contributed by atoms with Crippen molar-refractivity contribution < 1.29 is 18.3 Å². The third-order valence-corrected chi connectivity index (χ3v) is 4.65. The molecule has 0 bridgehead atoms. The van der Waals surface area contributed by atoms with Crippen molar-refractivity contribution in [2.45, 2.75) is 4.90 Å². The lowest BCUT2D eigenvalue weighted by Gasteiger charge is -2.11. The highest BCUT2D eigenvalue weighted by atomic mass is 79.9. The fourth-order valence-corrected chi connectivity index (χ4v) is 3.36. The van der Waals surface area contributed by atoms with Crippen LogP contribution in [0.25, 0.3) is 0 Å². The monoisotopic (exact) mass is 389 g/mol. The van der Waals surface area contributed by atoms with Crippen LogP contribution in [0, 0.1) is 0 Å². The van der Waals surface area contributed by atoms with Crippen LogP contribution in [0.2, 0.25) is 5.02 Å². The highest BCUT2D eigenvalue weighted by molar-refractivity contribution is 9.10. The molecule has 0 aliphatic carbocycles. The first-order valence-electron chi connectivity index (χ1n) is 5.61. The van der Waals surface area contributed by atoms with Crippen molar-refractivity contribution >= 4 is 49.2 Å². The Morgan fingerprint density at radius 1 is 1.19 bits per heavy atom. The smallest absolute Gasteiger partial charge is 0.337 e. The fraction of sp³-hybridized carbons (Fsp3) is 0. The summed E-state index contributed by atoms with van der Waals surface area (Å²) in [5.41, 5.74) is -0.180. The van der Waals surface area contributed by atoms with Crippen LogP contribution in [0.3, 0.4) is 0 Å². The van der Waals surface area contributed by atoms with E-state index >= 15 is 0 Å². The summed E-state index contributed by atoms with van der Waals surface area (Å²) < 4.78 is 27.3. The van der Waals surface area contributed by atoms with Crippen LogP contribution in [0.1, 0.15) is 10.4 Å². The molecule has 2 N–H and O–H groups in total. The van der Waals surface area contributed by atoms with E-state index in [2.05, 4.69) is 20.7 Å². The average Bonchev–Trinajstić information content (AvgIpc) is 2.40. The molecule has 0 heterocycles. The van der Waals surface area contributed by atoms with E-state index in [0.717, 1.165) is 0 Å². The van der Waals surface area contributed by atoms with E-state index in [9.17, 15) is 13.2 Å². The summed E-state index contributed by atoms with van der Waals surface area (Å²) in [6, 6.07) is 9.92. The first-order valence-corrected chi connectivity index (χ1v) is 8.26. The molecule has 0 atom stereocenters. The summed E-state index contributed by atoms with van der Waals surface area (Å²) in [4.78, 5) is 11.1. The zero-order chi connectivity index (χ0) is 15.6. The van der Waals surface area contributed by atoms with Crippen LogP contribution in [0.4, 0.5) is 5.69 Å². The Kier molecular flexibility index (Phi) is 4.55. The molecule has 0 aliphatic rings. The maximum Gasteiger partial charge on any atom is 0.337 e. The molecule has 0 aromatic heterocycles. The van der Waals surface area contributed by atoms with E-state index in [0.29, 0.717) is 4.47 Å². The van der Waals surface area contributed by atoms with E-state index in [1.165, 1.54) is 30.3 Å². The van der Waals surface area contributed by atoms with Gasteiger partial charge in [-0.3, -0.25) is 4.72 Å². The molecule has 0 aliphatic heterocycles. The Morgan fingerprint density at radius 3 is 2.52 bits per heavy atom. The molecule has 110 valence electrons. The maximum absolute atomic E-state index is 12.2. The number of carboxylic acid groups (broad SMARTS) is 1. The number of rotatable bonds is 4. The number of anilines is 1. The van der Waals surface area contributed by atoms with E-state index < -0.39 is 16.0 Å². The highest BCUT2D eigenvalue weighted by Gasteiger charge is 2.19. The average molecular weight is 391 g/mol. The van der Waals surface area contributed by atoms with Gasteiger partial charge in [0, 0.05) is 9.50 Å². The number of hydrogen-bond donors (Lipinski definition) is 2. The predicted octanol–water partition coefficient (Wildman–Crippen LogP) is 3.60. The van der Waals surface area contributed by atoms with Crippen LogP contribution < -0.4 is 4.72 Å². The van der Waals surface area contributed by atoms with E-state index in [1.54, 1.807) is 12.1 Å². The summed E-state index contributed by atoms with van der Waals surface area (Å²) in [7, 11) is -3.92. The first-order chi connectivity index (χ1) is 9.79. The van der Waals surface area contributed by atoms with Crippen molar-refractivity contribution in [3.8, 4) is 0 Å². The second kappa shape index (κ2) is 6.05. The molecule has 0 saturated carbocycles. The molecule has 0 spiro atoms. The third-order valence-electron chi connectivity index (χ3n) is 2.56. The Hall–Kier alpha value is -1.57. The number of benzene rings is 2. The number of sulfonamides is 1. The van der Waals surface area contributed by atoms with E-state index in [4.69, 9.17) is 16.7 Å². The lowest BCUT2D eigenvalue weighted by molar-refractivity contribution is 0.0698. The molecule has 2 aromatic rings. The number of carbonyl (C=O) groups is 1. The Labute approximate surface area is 134 Å². The van der Waals surface area contributed by atoms with Crippen LogP contribution in [0.5, 0.6) is 0 Å². The fourth-order valence-electron chi connectivity index (χ4n) is 1.62. The molecular weight excluding hydrogens is 382 g/mol. The normalized spacial score (nSPS) is 11.1. The molecule has 0 amide bonds. The van der Waals surface area contributed by atoms with Crippen LogP contribution >= 0.6 is 27.5 Å². The van der Waals surface area contributed by atoms with Gasteiger partial charge in [0.2, 0.25) is 0 Å². The number of aromatic carboxylic acids is 1. The Balaban J connectivity index is 2.44. The van der Waals surface area contributed by atoms with Gasteiger partial charge in [-0.25, -0.2) is 13.2 Å². The minimum Gasteiger partial charge on any atom is -0.478 e. The summed E-state index contributed by atoms with van der Waals surface area (Å²) >= 11 is 8.90. The molecular formula is C13H9BrClNO4S. The predicted molar refractivity (Wildman–Crippen MR) is 83.4 cm³/mol. The molecule has 21 heavy (non-hydrogen) atoms. The summed E-state index contributed by atoms with van der Waals surface area (Å²) in [6.07, 6.45) is 0. The number of halogens is 2. The largest absolute Gasteiger partial charge is 0.478 e. The molecule has 5 nitrogen and oxygen atoms in total. The van der Waals surface area contributed by atoms with Crippen molar-refractivity contribution in [1.29, 1.82) is 0 Å². The van der Waals surface area contributed by atoms with Gasteiger partial charge >= 0.3 is 5.97 Å². The summed E-state index contributed by atoms with van der Waals surface area (Å²) in [6.45, 7) is 0. The highest BCUT2D eigenvalue weighted by Crippen LogP contribution is 2.24. The molecule has 0 unspecified atom stereocenters. The Morgan fingerprint density at radius 2 is 1.90 bits per heavy atom. The molecule has 0 radical (unpaired) electrons. The van der Waals surface area contributed by atoms with Crippen LogP contribution in [0.15, 0.2) is 51.8 Å². The van der Waals surface area contributed by atoms with Gasteiger partial charge in [0.25, 0.3) is 10.0 Å². The maximum atomic E-state index is 12.2. The van der Waals surface area contributed by atoms with Gasteiger partial charge in [-0.1, -0.05) is 33.6 Å². The van der Waals surface area contributed by atoms with Crippen LogP contribution in [-0.4, -0.2) is 19.5 Å². The second-order valence-electron chi connectivity index (χ2n) is 4.06. The molecule has 8 heteroatoms. The van der Waals surface area contributed by atoms with E-state index in [1.807, 2.05) is 0 Å². The van der Waals surface area contributed by atoms with Gasteiger partial charge in [-0.2, -0.15) is 0 Å². The number of carboxylic acids is 1. The van der Waals surface area contributed by atoms with Crippen molar-refractivity contribution in [1.82, 2.24) is 0 Å². The zero-order valence-electron chi connectivity index (χ0n) is 10.4. The molecule has 2 aromatic carbocycles. The lowest BCUT2D eigenvalue weighted by Crippen LogP contribution is -2.15. The minimum atomic E-state index is -3.92. The van der Waals surface area contributed by atoms with Gasteiger partial charge in [-0.05, 0) is 36.4 Å². The van der Waals surface area contributed by atoms with Crippen LogP contribution in [-0.2, 0) is 10.0 Å². The molecule has 0 fully saturated rings. The summed E-state index contributed by atoms with van der Waals surface area (Å²) in [5.74, 6) is -1.24. The first kappa shape index (κ1) is 15.8. The van der Waals surface area contributed by atoms with Gasteiger partial charge < -0.3 is 5.11 Å². The van der Waals surface area contributed by atoms with Gasteiger partial charge in [0.15, 0.2) is 0 Å². The minimum absolute atomic E-state index is 0.0225. The lowest BCUT2D eigenvalue weighted by atomic mass is 10.2. The molecule has 0 saturated heterocycles. The molecule has 2 rings (SSSR count). The topological polar surface area (TPSA) is 83.5 Å². The number of hydrogen-bond acceptors (Lipinski definition) is 3. The van der Waals surface area contributed by atoms with Crippen molar-refractivity contribution in [3.05, 3.63) is 57.5 Å². The third kappa shape index (κ3) is 3.75. The van der Waals surface area contributed by atoms with Gasteiger partial charge in [0.05, 0.1) is 16.1 Å². The van der Waals surface area contributed by atoms with Gasteiger partial charge in [0.1, 0.15) is 0 Å². The van der Waals surface area contributed by atoms with Crippen molar-refractivity contribution in [2.24, 2.45) is 0 Å². The standard InChI is InChI=1S/C13H9BrClNO4S/c14-8-4-5-12(11(6-8)13(17)18)16-21(19,20)10-3-1-2-9(15)7-10/h1-7,16H,(H,17,18). The second-order valence-corrected chi connectivity index (χ2v) is 7.09. The quantitative estimate of drug-likeness (QED) is 0.835. The van der Waals surface area contributed by atoms with Crippen molar-refractivity contribution in [3.63, 3.8) is 0 Å². The van der Waals surface area contributed by atoms with E-state index in [-0.39, 0.29) is 21.2 Å².